The highest BCUT2D eigenvalue weighted by Gasteiger charge is 2.26. The number of hydrogen-bond donors (Lipinski definition) is 1. The lowest BCUT2D eigenvalue weighted by atomic mass is 10.2. The van der Waals surface area contributed by atoms with Crippen molar-refractivity contribution in [3.8, 4) is 17.1 Å². The van der Waals surface area contributed by atoms with Gasteiger partial charge < -0.3 is 14.6 Å². The summed E-state index contributed by atoms with van der Waals surface area (Å²) in [6.07, 6.45) is 0. The summed E-state index contributed by atoms with van der Waals surface area (Å²) >= 11 is 5.91. The maximum absolute atomic E-state index is 12.6. The Balaban J connectivity index is 1.23. The van der Waals surface area contributed by atoms with E-state index in [0.717, 1.165) is 43.1 Å². The number of nitrogens with one attached hydrogen (secondary N) is 1. The average Bonchev–Trinajstić information content (AvgIpc) is 3.32. The second kappa shape index (κ2) is 10.8. The van der Waals surface area contributed by atoms with E-state index in [0.29, 0.717) is 29.8 Å². The van der Waals surface area contributed by atoms with Crippen molar-refractivity contribution >= 4 is 17.5 Å². The van der Waals surface area contributed by atoms with Crippen LogP contribution in [-0.4, -0.2) is 65.2 Å². The molecule has 2 heterocycles. The van der Waals surface area contributed by atoms with Crippen LogP contribution in [0.3, 0.4) is 0 Å². The van der Waals surface area contributed by atoms with Crippen molar-refractivity contribution in [1.82, 2.24) is 25.3 Å². The molecule has 1 N–H and O–H groups in total. The molecule has 1 atom stereocenters. The standard InChI is InChI=1S/C24H28ClN5O3/c1-17(24(31)26-15-18-3-7-20(25)8-4-18)30-13-11-29(12-14-30)16-22-27-23(28-33-22)19-5-9-21(32-2)10-6-19/h3-10,17H,11-16H2,1-2H3,(H,26,31). The molecule has 0 radical (unpaired) electrons. The second-order valence-corrected chi connectivity index (χ2v) is 8.51. The zero-order valence-electron chi connectivity index (χ0n) is 18.8. The first-order chi connectivity index (χ1) is 16.0. The molecular formula is C24H28ClN5O3. The Hall–Kier alpha value is -2.94. The van der Waals surface area contributed by atoms with Gasteiger partial charge in [-0.05, 0) is 48.9 Å². The Morgan fingerprint density at radius 3 is 2.48 bits per heavy atom. The topological polar surface area (TPSA) is 83.7 Å². The van der Waals surface area contributed by atoms with Crippen molar-refractivity contribution < 1.29 is 14.1 Å². The molecule has 3 aromatic rings. The molecule has 4 rings (SSSR count). The van der Waals surface area contributed by atoms with Crippen molar-refractivity contribution in [1.29, 1.82) is 0 Å². The Bertz CT molecular complexity index is 1050. The lowest BCUT2D eigenvalue weighted by Gasteiger charge is -2.36. The molecule has 1 unspecified atom stereocenters. The Labute approximate surface area is 198 Å². The third-order valence-electron chi connectivity index (χ3n) is 5.89. The maximum atomic E-state index is 12.6. The van der Waals surface area contributed by atoms with Gasteiger partial charge in [-0.15, -0.1) is 0 Å². The minimum atomic E-state index is -0.190. The van der Waals surface area contributed by atoms with E-state index < -0.39 is 0 Å². The molecule has 0 spiro atoms. The average molecular weight is 470 g/mol. The van der Waals surface area contributed by atoms with Gasteiger partial charge in [0.1, 0.15) is 5.75 Å². The summed E-state index contributed by atoms with van der Waals surface area (Å²) in [5, 5.41) is 7.80. The first kappa shape index (κ1) is 23.2. The zero-order valence-corrected chi connectivity index (χ0v) is 19.6. The van der Waals surface area contributed by atoms with Crippen molar-refractivity contribution in [3.05, 3.63) is 65.0 Å². The van der Waals surface area contributed by atoms with Crippen LogP contribution in [0.2, 0.25) is 5.02 Å². The number of rotatable bonds is 8. The Kier molecular flexibility index (Phi) is 7.59. The Morgan fingerprint density at radius 2 is 1.82 bits per heavy atom. The summed E-state index contributed by atoms with van der Waals surface area (Å²) in [4.78, 5) is 21.6. The summed E-state index contributed by atoms with van der Waals surface area (Å²) in [5.41, 5.74) is 1.91. The fraction of sp³-hybridized carbons (Fsp3) is 0.375. The van der Waals surface area contributed by atoms with Crippen molar-refractivity contribution in [3.63, 3.8) is 0 Å². The van der Waals surface area contributed by atoms with Crippen molar-refractivity contribution in [2.75, 3.05) is 33.3 Å². The monoisotopic (exact) mass is 469 g/mol. The minimum absolute atomic E-state index is 0.0273. The summed E-state index contributed by atoms with van der Waals surface area (Å²) in [5.74, 6) is 1.97. The number of ether oxygens (including phenoxy) is 1. The number of methoxy groups -OCH3 is 1. The summed E-state index contributed by atoms with van der Waals surface area (Å²) in [6, 6.07) is 14.9. The lowest BCUT2D eigenvalue weighted by molar-refractivity contribution is -0.126. The molecule has 0 bridgehead atoms. The minimum Gasteiger partial charge on any atom is -0.497 e. The van der Waals surface area contributed by atoms with Gasteiger partial charge in [-0.1, -0.05) is 28.9 Å². The number of piperazine rings is 1. The molecule has 1 aliphatic rings. The van der Waals surface area contributed by atoms with Crippen LogP contribution < -0.4 is 10.1 Å². The summed E-state index contributed by atoms with van der Waals surface area (Å²) in [7, 11) is 1.63. The van der Waals surface area contributed by atoms with Gasteiger partial charge in [-0.3, -0.25) is 14.6 Å². The zero-order chi connectivity index (χ0) is 23.2. The van der Waals surface area contributed by atoms with E-state index in [-0.39, 0.29) is 11.9 Å². The smallest absolute Gasteiger partial charge is 0.241 e. The third kappa shape index (κ3) is 6.10. The molecule has 1 saturated heterocycles. The number of carbonyl (C=O) groups is 1. The van der Waals surface area contributed by atoms with Gasteiger partial charge in [0, 0.05) is 43.3 Å². The highest BCUT2D eigenvalue weighted by molar-refractivity contribution is 6.30. The van der Waals surface area contributed by atoms with Gasteiger partial charge in [-0.25, -0.2) is 0 Å². The molecule has 0 saturated carbocycles. The van der Waals surface area contributed by atoms with Gasteiger partial charge in [0.05, 0.1) is 19.7 Å². The molecule has 1 fully saturated rings. The van der Waals surface area contributed by atoms with Crippen LogP contribution in [0.1, 0.15) is 18.4 Å². The fourth-order valence-corrected chi connectivity index (χ4v) is 3.91. The largest absolute Gasteiger partial charge is 0.497 e. The molecular weight excluding hydrogens is 442 g/mol. The molecule has 0 aliphatic carbocycles. The highest BCUT2D eigenvalue weighted by Crippen LogP contribution is 2.20. The first-order valence-electron chi connectivity index (χ1n) is 11.0. The predicted octanol–water partition coefficient (Wildman–Crippen LogP) is 3.22. The third-order valence-corrected chi connectivity index (χ3v) is 6.14. The number of carbonyl (C=O) groups excluding carboxylic acids is 1. The second-order valence-electron chi connectivity index (χ2n) is 8.07. The molecule has 2 aromatic carbocycles. The van der Waals surface area contributed by atoms with Gasteiger partial charge in [0.25, 0.3) is 0 Å². The quantitative estimate of drug-likeness (QED) is 0.542. The van der Waals surface area contributed by atoms with Crippen LogP contribution in [0.5, 0.6) is 5.75 Å². The van der Waals surface area contributed by atoms with Crippen LogP contribution >= 0.6 is 11.6 Å². The van der Waals surface area contributed by atoms with Gasteiger partial charge in [0.15, 0.2) is 0 Å². The summed E-state index contributed by atoms with van der Waals surface area (Å²) < 4.78 is 10.6. The number of benzene rings is 2. The van der Waals surface area contributed by atoms with Gasteiger partial charge >= 0.3 is 0 Å². The molecule has 174 valence electrons. The first-order valence-corrected chi connectivity index (χ1v) is 11.3. The van der Waals surface area contributed by atoms with Crippen LogP contribution in [-0.2, 0) is 17.9 Å². The van der Waals surface area contributed by atoms with E-state index in [4.69, 9.17) is 20.9 Å². The van der Waals surface area contributed by atoms with E-state index in [1.165, 1.54) is 0 Å². The molecule has 33 heavy (non-hydrogen) atoms. The van der Waals surface area contributed by atoms with Crippen molar-refractivity contribution in [2.45, 2.75) is 26.1 Å². The Morgan fingerprint density at radius 1 is 1.12 bits per heavy atom. The van der Waals surface area contributed by atoms with Crippen LogP contribution in [0.4, 0.5) is 0 Å². The molecule has 1 aromatic heterocycles. The number of amides is 1. The van der Waals surface area contributed by atoms with Crippen LogP contribution in [0, 0.1) is 0 Å². The van der Waals surface area contributed by atoms with Crippen LogP contribution in [0.15, 0.2) is 53.1 Å². The van der Waals surface area contributed by atoms with Crippen molar-refractivity contribution in [2.24, 2.45) is 0 Å². The van der Waals surface area contributed by atoms with Gasteiger partial charge in [0.2, 0.25) is 17.6 Å². The number of nitrogens with zero attached hydrogens (tertiary/aromatic N) is 4. The van der Waals surface area contributed by atoms with E-state index in [1.54, 1.807) is 7.11 Å². The van der Waals surface area contributed by atoms with Gasteiger partial charge in [-0.2, -0.15) is 4.98 Å². The number of aromatic nitrogens is 2. The summed E-state index contributed by atoms with van der Waals surface area (Å²) in [6.45, 7) is 6.29. The molecule has 9 heteroatoms. The highest BCUT2D eigenvalue weighted by atomic mass is 35.5. The predicted molar refractivity (Wildman–Crippen MR) is 126 cm³/mol. The molecule has 1 amide bonds. The number of hydrogen-bond acceptors (Lipinski definition) is 7. The molecule has 8 nitrogen and oxygen atoms in total. The maximum Gasteiger partial charge on any atom is 0.241 e. The van der Waals surface area contributed by atoms with E-state index in [1.807, 2.05) is 55.5 Å². The van der Waals surface area contributed by atoms with E-state index in [2.05, 4.69) is 25.3 Å². The lowest BCUT2D eigenvalue weighted by Crippen LogP contribution is -2.53. The van der Waals surface area contributed by atoms with E-state index >= 15 is 0 Å². The van der Waals surface area contributed by atoms with E-state index in [9.17, 15) is 4.79 Å². The normalized spacial score (nSPS) is 15.8. The SMILES string of the molecule is COc1ccc(-c2noc(CN3CCN(C(C)C(=O)NCc4ccc(Cl)cc4)CC3)n2)cc1. The van der Waals surface area contributed by atoms with Crippen LogP contribution in [0.25, 0.3) is 11.4 Å². The molecule has 1 aliphatic heterocycles. The number of halogens is 1. The fourth-order valence-electron chi connectivity index (χ4n) is 3.78.